The van der Waals surface area contributed by atoms with E-state index in [2.05, 4.69) is 27.6 Å². The molecule has 0 saturated carbocycles. The number of hydrogen-bond acceptors (Lipinski definition) is 6. The topological polar surface area (TPSA) is 58.1 Å². The Bertz CT molecular complexity index is 911. The molecule has 1 aliphatic rings. The molecular weight excluding hydrogens is 400 g/mol. The summed E-state index contributed by atoms with van der Waals surface area (Å²) in [6.45, 7) is 2.40. The molecular formula is C22H24N4OS2. The Morgan fingerprint density at radius 1 is 1.00 bits per heavy atom. The molecule has 0 aliphatic carbocycles. The van der Waals surface area contributed by atoms with Crippen LogP contribution in [0, 0.1) is 0 Å². The number of amides is 1. The SMILES string of the molecule is O=C(C(Sc1nnc(NCc2ccccc2)s1)c1ccccc1)N1CCCCC1. The molecule has 1 N–H and O–H groups in total. The monoisotopic (exact) mass is 424 g/mol. The highest BCUT2D eigenvalue weighted by atomic mass is 32.2. The first-order chi connectivity index (χ1) is 14.3. The van der Waals surface area contributed by atoms with Crippen molar-refractivity contribution in [3.8, 4) is 0 Å². The fourth-order valence-corrected chi connectivity index (χ4v) is 5.40. The van der Waals surface area contributed by atoms with Crippen LogP contribution in [0.15, 0.2) is 65.0 Å². The number of thioether (sulfide) groups is 1. The molecule has 29 heavy (non-hydrogen) atoms. The third-order valence-corrected chi connectivity index (χ3v) is 7.11. The number of rotatable bonds is 7. The molecule has 150 valence electrons. The van der Waals surface area contributed by atoms with Gasteiger partial charge in [0.25, 0.3) is 0 Å². The summed E-state index contributed by atoms with van der Waals surface area (Å²) < 4.78 is 0.805. The molecule has 1 unspecified atom stereocenters. The highest BCUT2D eigenvalue weighted by molar-refractivity contribution is 8.01. The maximum atomic E-state index is 13.3. The van der Waals surface area contributed by atoms with E-state index in [4.69, 9.17) is 0 Å². The number of carbonyl (C=O) groups is 1. The zero-order chi connectivity index (χ0) is 19.9. The molecule has 0 bridgehead atoms. The van der Waals surface area contributed by atoms with Crippen LogP contribution in [-0.2, 0) is 11.3 Å². The molecule has 7 heteroatoms. The van der Waals surface area contributed by atoms with Gasteiger partial charge in [-0.25, -0.2) is 0 Å². The molecule has 3 aromatic rings. The average molecular weight is 425 g/mol. The Morgan fingerprint density at radius 2 is 1.69 bits per heavy atom. The summed E-state index contributed by atoms with van der Waals surface area (Å²) in [5.74, 6) is 0.176. The number of hydrogen-bond donors (Lipinski definition) is 1. The summed E-state index contributed by atoms with van der Waals surface area (Å²) in [4.78, 5) is 15.3. The van der Waals surface area contributed by atoms with E-state index in [9.17, 15) is 4.79 Å². The number of anilines is 1. The number of benzene rings is 2. The number of aromatic nitrogens is 2. The van der Waals surface area contributed by atoms with Gasteiger partial charge in [0.1, 0.15) is 5.25 Å². The standard InChI is InChI=1S/C22H24N4OS2/c27-20(26-14-8-3-9-15-26)19(18-12-6-2-7-13-18)28-22-25-24-21(29-22)23-16-17-10-4-1-5-11-17/h1-2,4-7,10-13,19H,3,8-9,14-16H2,(H,23,24). The molecule has 1 amide bonds. The molecule has 2 heterocycles. The van der Waals surface area contributed by atoms with Gasteiger partial charge in [0, 0.05) is 19.6 Å². The Balaban J connectivity index is 1.46. The van der Waals surface area contributed by atoms with Gasteiger partial charge in [-0.3, -0.25) is 4.79 Å². The number of carbonyl (C=O) groups excluding carboxylic acids is 1. The summed E-state index contributed by atoms with van der Waals surface area (Å²) >= 11 is 3.00. The second-order valence-corrected chi connectivity index (χ2v) is 9.34. The molecule has 1 aliphatic heterocycles. The molecule has 0 spiro atoms. The van der Waals surface area contributed by atoms with Gasteiger partial charge in [-0.05, 0) is 30.4 Å². The second kappa shape index (κ2) is 9.89. The normalized spacial score (nSPS) is 15.1. The third kappa shape index (κ3) is 5.36. The fraction of sp³-hybridized carbons (Fsp3) is 0.318. The lowest BCUT2D eigenvalue weighted by Gasteiger charge is -2.30. The highest BCUT2D eigenvalue weighted by Crippen LogP contribution is 2.39. The van der Waals surface area contributed by atoms with E-state index in [-0.39, 0.29) is 11.2 Å². The van der Waals surface area contributed by atoms with Crippen molar-refractivity contribution in [1.82, 2.24) is 15.1 Å². The Hall–Kier alpha value is -2.38. The molecule has 1 fully saturated rings. The minimum absolute atomic E-state index is 0.176. The molecule has 4 rings (SSSR count). The van der Waals surface area contributed by atoms with Gasteiger partial charge in [0.2, 0.25) is 11.0 Å². The largest absolute Gasteiger partial charge is 0.356 e. The van der Waals surface area contributed by atoms with Gasteiger partial charge < -0.3 is 10.2 Å². The molecule has 1 saturated heterocycles. The van der Waals surface area contributed by atoms with Crippen LogP contribution in [0.1, 0.15) is 35.6 Å². The summed E-state index contributed by atoms with van der Waals surface area (Å²) in [5.41, 5.74) is 2.21. The zero-order valence-corrected chi connectivity index (χ0v) is 17.8. The number of nitrogens with zero attached hydrogens (tertiary/aromatic N) is 3. The lowest BCUT2D eigenvalue weighted by molar-refractivity contribution is -0.131. The smallest absolute Gasteiger partial charge is 0.240 e. The zero-order valence-electron chi connectivity index (χ0n) is 16.2. The van der Waals surface area contributed by atoms with Gasteiger partial charge in [-0.2, -0.15) is 0 Å². The number of piperidine rings is 1. The summed E-state index contributed by atoms with van der Waals surface area (Å²) in [6, 6.07) is 20.2. The van der Waals surface area contributed by atoms with Crippen LogP contribution >= 0.6 is 23.1 Å². The second-order valence-electron chi connectivity index (χ2n) is 7.01. The van der Waals surface area contributed by atoms with Crippen LogP contribution in [-0.4, -0.2) is 34.1 Å². The van der Waals surface area contributed by atoms with E-state index in [0.717, 1.165) is 41.0 Å². The quantitative estimate of drug-likeness (QED) is 0.541. The maximum Gasteiger partial charge on any atom is 0.240 e. The van der Waals surface area contributed by atoms with Crippen molar-refractivity contribution < 1.29 is 4.79 Å². The van der Waals surface area contributed by atoms with Crippen molar-refractivity contribution >= 4 is 34.1 Å². The predicted octanol–water partition coefficient (Wildman–Crippen LogP) is 5.00. The maximum absolute atomic E-state index is 13.3. The average Bonchev–Trinajstić information content (AvgIpc) is 3.25. The Morgan fingerprint density at radius 3 is 2.41 bits per heavy atom. The highest BCUT2D eigenvalue weighted by Gasteiger charge is 2.29. The summed E-state index contributed by atoms with van der Waals surface area (Å²) in [6.07, 6.45) is 3.38. The van der Waals surface area contributed by atoms with Gasteiger partial charge in [0.15, 0.2) is 4.34 Å². The fourth-order valence-electron chi connectivity index (χ4n) is 3.37. The van der Waals surface area contributed by atoms with Crippen LogP contribution < -0.4 is 5.32 Å². The third-order valence-electron chi connectivity index (χ3n) is 4.91. The van der Waals surface area contributed by atoms with Crippen molar-refractivity contribution in [1.29, 1.82) is 0 Å². The first kappa shape index (κ1) is 19.9. The van der Waals surface area contributed by atoms with E-state index < -0.39 is 0 Å². The van der Waals surface area contributed by atoms with Crippen molar-refractivity contribution in [2.24, 2.45) is 0 Å². The van der Waals surface area contributed by atoms with Gasteiger partial charge in [0.05, 0.1) is 0 Å². The van der Waals surface area contributed by atoms with Crippen LogP contribution in [0.4, 0.5) is 5.13 Å². The van der Waals surface area contributed by atoms with Crippen LogP contribution in [0.25, 0.3) is 0 Å². The molecule has 1 atom stereocenters. The first-order valence-electron chi connectivity index (χ1n) is 9.91. The van der Waals surface area contributed by atoms with E-state index in [0.29, 0.717) is 6.54 Å². The van der Waals surface area contributed by atoms with Crippen molar-refractivity contribution in [2.45, 2.75) is 35.4 Å². The minimum atomic E-state index is -0.288. The van der Waals surface area contributed by atoms with Crippen molar-refractivity contribution in [3.63, 3.8) is 0 Å². The molecule has 5 nitrogen and oxygen atoms in total. The number of likely N-dealkylation sites (tertiary alicyclic amines) is 1. The van der Waals surface area contributed by atoms with E-state index in [1.165, 1.54) is 35.1 Å². The summed E-state index contributed by atoms with van der Waals surface area (Å²) in [5, 5.41) is 12.4. The van der Waals surface area contributed by atoms with E-state index >= 15 is 0 Å². The van der Waals surface area contributed by atoms with Gasteiger partial charge >= 0.3 is 0 Å². The Kier molecular flexibility index (Phi) is 6.79. The summed E-state index contributed by atoms with van der Waals surface area (Å²) in [7, 11) is 0. The van der Waals surface area contributed by atoms with E-state index in [1.807, 2.05) is 53.4 Å². The van der Waals surface area contributed by atoms with E-state index in [1.54, 1.807) is 0 Å². The first-order valence-corrected chi connectivity index (χ1v) is 11.6. The van der Waals surface area contributed by atoms with Crippen molar-refractivity contribution in [3.05, 3.63) is 71.8 Å². The minimum Gasteiger partial charge on any atom is -0.356 e. The van der Waals surface area contributed by atoms with Crippen LogP contribution in [0.3, 0.4) is 0 Å². The number of nitrogens with one attached hydrogen (secondary N) is 1. The van der Waals surface area contributed by atoms with Crippen LogP contribution in [0.2, 0.25) is 0 Å². The van der Waals surface area contributed by atoms with Crippen molar-refractivity contribution in [2.75, 3.05) is 18.4 Å². The molecule has 0 radical (unpaired) electrons. The molecule has 1 aromatic heterocycles. The van der Waals surface area contributed by atoms with Crippen LogP contribution in [0.5, 0.6) is 0 Å². The lowest BCUT2D eigenvalue weighted by Crippen LogP contribution is -2.38. The lowest BCUT2D eigenvalue weighted by atomic mass is 10.1. The predicted molar refractivity (Wildman–Crippen MR) is 119 cm³/mol. The van der Waals surface area contributed by atoms with Gasteiger partial charge in [-0.1, -0.05) is 83.8 Å². The molecule has 2 aromatic carbocycles. The van der Waals surface area contributed by atoms with Gasteiger partial charge in [-0.15, -0.1) is 10.2 Å². The Labute approximate surface area is 179 Å².